The molecule has 16 heavy (non-hydrogen) atoms. The number of benzene rings is 1. The second kappa shape index (κ2) is 6.25. The lowest BCUT2D eigenvalue weighted by molar-refractivity contribution is -0.139. The summed E-state index contributed by atoms with van der Waals surface area (Å²) in [5.41, 5.74) is 1.90. The summed E-state index contributed by atoms with van der Waals surface area (Å²) in [5, 5.41) is 0.714. The Labute approximate surface area is 111 Å². The second-order valence-corrected chi connectivity index (χ2v) is 4.56. The Morgan fingerprint density at radius 2 is 2.00 bits per heavy atom. The Balaban J connectivity index is 3.09. The lowest BCUT2D eigenvalue weighted by Crippen LogP contribution is -2.06. The van der Waals surface area contributed by atoms with E-state index in [9.17, 15) is 4.79 Å². The van der Waals surface area contributed by atoms with E-state index in [0.29, 0.717) is 11.1 Å². The molecule has 0 saturated heterocycles. The molecule has 0 amide bonds. The zero-order valence-corrected chi connectivity index (χ0v) is 12.2. The summed E-state index contributed by atoms with van der Waals surface area (Å²) in [6.45, 7) is 0. The minimum atomic E-state index is -0.277. The normalized spacial score (nSPS) is 10.0. The molecule has 0 aliphatic rings. The maximum absolute atomic E-state index is 11.2. The van der Waals surface area contributed by atoms with Crippen LogP contribution >= 0.6 is 31.9 Å². The molecule has 0 N–H and O–H groups in total. The fourth-order valence-corrected chi connectivity index (χ4v) is 2.61. The zero-order valence-electron chi connectivity index (χ0n) is 9.05. The fraction of sp³-hybridized carbons (Fsp3) is 0.364. The number of rotatable bonds is 4. The topological polar surface area (TPSA) is 35.5 Å². The van der Waals surface area contributed by atoms with Crippen molar-refractivity contribution in [1.29, 1.82) is 0 Å². The standard InChI is InChI=1S/C11H12Br2O3/c1-15-10-5-9(13)8(6-12)3-7(10)4-11(14)16-2/h3,5H,4,6H2,1-2H3. The number of ether oxygens (including phenoxy) is 2. The van der Waals surface area contributed by atoms with Crippen molar-refractivity contribution in [3.05, 3.63) is 27.7 Å². The molecular formula is C11H12Br2O3. The van der Waals surface area contributed by atoms with Gasteiger partial charge in [0.1, 0.15) is 5.75 Å². The number of hydrogen-bond donors (Lipinski definition) is 0. The number of carbonyl (C=O) groups excluding carboxylic acids is 1. The Morgan fingerprint density at radius 1 is 1.31 bits per heavy atom. The average Bonchev–Trinajstić information content (AvgIpc) is 2.30. The third kappa shape index (κ3) is 3.22. The van der Waals surface area contributed by atoms with E-state index >= 15 is 0 Å². The quantitative estimate of drug-likeness (QED) is 0.617. The minimum Gasteiger partial charge on any atom is -0.496 e. The molecule has 0 aliphatic carbocycles. The molecule has 0 atom stereocenters. The number of alkyl halides is 1. The second-order valence-electron chi connectivity index (χ2n) is 3.14. The predicted molar refractivity (Wildman–Crippen MR) is 69.0 cm³/mol. The summed E-state index contributed by atoms with van der Waals surface area (Å²) >= 11 is 6.82. The monoisotopic (exact) mass is 350 g/mol. The third-order valence-electron chi connectivity index (χ3n) is 2.16. The number of halogens is 2. The van der Waals surface area contributed by atoms with E-state index in [0.717, 1.165) is 15.6 Å². The van der Waals surface area contributed by atoms with E-state index in [1.165, 1.54) is 7.11 Å². The summed E-state index contributed by atoms with van der Waals surface area (Å²) in [4.78, 5) is 11.2. The van der Waals surface area contributed by atoms with E-state index in [1.807, 2.05) is 12.1 Å². The van der Waals surface area contributed by atoms with Gasteiger partial charge in [0.2, 0.25) is 0 Å². The van der Waals surface area contributed by atoms with Gasteiger partial charge in [-0.3, -0.25) is 4.79 Å². The predicted octanol–water partition coefficient (Wildman–Crippen LogP) is 3.07. The van der Waals surface area contributed by atoms with Gasteiger partial charge in [-0.15, -0.1) is 0 Å². The van der Waals surface area contributed by atoms with E-state index in [1.54, 1.807) is 7.11 Å². The van der Waals surface area contributed by atoms with Crippen LogP contribution in [-0.4, -0.2) is 20.2 Å². The van der Waals surface area contributed by atoms with Crippen molar-refractivity contribution in [1.82, 2.24) is 0 Å². The van der Waals surface area contributed by atoms with Crippen LogP contribution in [0.5, 0.6) is 5.75 Å². The third-order valence-corrected chi connectivity index (χ3v) is 3.50. The summed E-state index contributed by atoms with van der Waals surface area (Å²) in [6.07, 6.45) is 0.215. The van der Waals surface area contributed by atoms with Crippen LogP contribution in [0.2, 0.25) is 0 Å². The van der Waals surface area contributed by atoms with Gasteiger partial charge in [0.05, 0.1) is 20.6 Å². The van der Waals surface area contributed by atoms with Crippen LogP contribution in [0.3, 0.4) is 0 Å². The molecule has 1 aromatic carbocycles. The first-order valence-corrected chi connectivity index (χ1v) is 6.51. The molecule has 0 bridgehead atoms. The zero-order chi connectivity index (χ0) is 12.1. The van der Waals surface area contributed by atoms with Gasteiger partial charge in [0, 0.05) is 15.4 Å². The largest absolute Gasteiger partial charge is 0.496 e. The Bertz CT molecular complexity index is 391. The molecule has 88 valence electrons. The van der Waals surface area contributed by atoms with Crippen LogP contribution in [0, 0.1) is 0 Å². The van der Waals surface area contributed by atoms with Gasteiger partial charge in [-0.2, -0.15) is 0 Å². The van der Waals surface area contributed by atoms with Crippen molar-refractivity contribution in [3.63, 3.8) is 0 Å². The first-order valence-electron chi connectivity index (χ1n) is 4.60. The lowest BCUT2D eigenvalue weighted by atomic mass is 10.1. The summed E-state index contributed by atoms with van der Waals surface area (Å²) in [6, 6.07) is 3.78. The highest BCUT2D eigenvalue weighted by Crippen LogP contribution is 2.29. The Kier molecular flexibility index (Phi) is 5.28. The Hall–Kier alpha value is -0.550. The van der Waals surface area contributed by atoms with Crippen molar-refractivity contribution in [2.45, 2.75) is 11.8 Å². The molecule has 0 unspecified atom stereocenters. The molecule has 5 heteroatoms. The van der Waals surface area contributed by atoms with Gasteiger partial charge in [0.15, 0.2) is 0 Å². The molecule has 1 aromatic rings. The highest BCUT2D eigenvalue weighted by atomic mass is 79.9. The van der Waals surface area contributed by atoms with Gasteiger partial charge in [-0.05, 0) is 17.7 Å². The van der Waals surface area contributed by atoms with Gasteiger partial charge < -0.3 is 9.47 Å². The van der Waals surface area contributed by atoms with Gasteiger partial charge >= 0.3 is 5.97 Å². The van der Waals surface area contributed by atoms with Crippen LogP contribution in [-0.2, 0) is 21.3 Å². The van der Waals surface area contributed by atoms with Crippen molar-refractivity contribution < 1.29 is 14.3 Å². The van der Waals surface area contributed by atoms with Crippen molar-refractivity contribution in [2.24, 2.45) is 0 Å². The van der Waals surface area contributed by atoms with E-state index in [4.69, 9.17) is 4.74 Å². The highest BCUT2D eigenvalue weighted by molar-refractivity contribution is 9.10. The SMILES string of the molecule is COC(=O)Cc1cc(CBr)c(Br)cc1OC. The molecule has 0 saturated carbocycles. The molecule has 0 radical (unpaired) electrons. The van der Waals surface area contributed by atoms with Crippen molar-refractivity contribution >= 4 is 37.8 Å². The summed E-state index contributed by atoms with van der Waals surface area (Å²) < 4.78 is 10.8. The molecule has 0 aliphatic heterocycles. The van der Waals surface area contributed by atoms with Gasteiger partial charge in [-0.1, -0.05) is 31.9 Å². The smallest absolute Gasteiger partial charge is 0.310 e. The van der Waals surface area contributed by atoms with Crippen LogP contribution in [0.4, 0.5) is 0 Å². The molecule has 3 nitrogen and oxygen atoms in total. The first kappa shape index (κ1) is 13.5. The lowest BCUT2D eigenvalue weighted by Gasteiger charge is -2.11. The van der Waals surface area contributed by atoms with Crippen LogP contribution in [0.15, 0.2) is 16.6 Å². The van der Waals surface area contributed by atoms with E-state index in [2.05, 4.69) is 36.6 Å². The van der Waals surface area contributed by atoms with Crippen molar-refractivity contribution in [2.75, 3.05) is 14.2 Å². The fourth-order valence-electron chi connectivity index (χ4n) is 1.31. The molecule has 1 rings (SSSR count). The van der Waals surface area contributed by atoms with Gasteiger partial charge in [0.25, 0.3) is 0 Å². The Morgan fingerprint density at radius 3 is 2.50 bits per heavy atom. The summed E-state index contributed by atoms with van der Waals surface area (Å²) in [5.74, 6) is 0.406. The van der Waals surface area contributed by atoms with Crippen LogP contribution in [0.25, 0.3) is 0 Å². The first-order chi connectivity index (χ1) is 7.62. The van der Waals surface area contributed by atoms with Crippen LogP contribution < -0.4 is 4.74 Å². The average molecular weight is 352 g/mol. The van der Waals surface area contributed by atoms with Crippen LogP contribution in [0.1, 0.15) is 11.1 Å². The molecular weight excluding hydrogens is 340 g/mol. The summed E-state index contributed by atoms with van der Waals surface area (Å²) in [7, 11) is 2.95. The maximum atomic E-state index is 11.2. The number of carbonyl (C=O) groups is 1. The highest BCUT2D eigenvalue weighted by Gasteiger charge is 2.12. The molecule has 0 spiro atoms. The number of methoxy groups -OCH3 is 2. The molecule has 0 aromatic heterocycles. The number of esters is 1. The number of hydrogen-bond acceptors (Lipinski definition) is 3. The minimum absolute atomic E-state index is 0.215. The van der Waals surface area contributed by atoms with E-state index < -0.39 is 0 Å². The molecule has 0 heterocycles. The van der Waals surface area contributed by atoms with Gasteiger partial charge in [-0.25, -0.2) is 0 Å². The molecule has 0 fully saturated rings. The van der Waals surface area contributed by atoms with Crippen molar-refractivity contribution in [3.8, 4) is 5.75 Å². The van der Waals surface area contributed by atoms with E-state index in [-0.39, 0.29) is 12.4 Å². The maximum Gasteiger partial charge on any atom is 0.310 e.